The lowest BCUT2D eigenvalue weighted by atomic mass is 10.1. The van der Waals surface area contributed by atoms with Crippen molar-refractivity contribution in [2.24, 2.45) is 7.05 Å². The average molecular weight is 308 g/mol. The molecule has 1 saturated heterocycles. The van der Waals surface area contributed by atoms with E-state index in [0.29, 0.717) is 12.6 Å². The van der Waals surface area contributed by atoms with Crippen molar-refractivity contribution in [3.05, 3.63) is 35.5 Å². The molecule has 1 aromatic carbocycles. The van der Waals surface area contributed by atoms with Crippen molar-refractivity contribution in [3.8, 4) is 0 Å². The number of hydrogen-bond donors (Lipinski definition) is 2. The smallest absolute Gasteiger partial charge is 0.268 e. The van der Waals surface area contributed by atoms with Crippen molar-refractivity contribution < 1.29 is 4.79 Å². The van der Waals surface area contributed by atoms with Gasteiger partial charge >= 0.3 is 0 Å². The van der Waals surface area contributed by atoms with Gasteiger partial charge in [-0.25, -0.2) is 0 Å². The zero-order valence-electron chi connectivity index (χ0n) is 12.5. The Hall–Kier alpha value is -1.52. The standard InChI is InChI=1S/C16H21N3O.ClH/c1-11-13-7-3-4-8-14(13)19(2)15(11)16(20)18-10-12-6-5-9-17-12;/h3-4,7-8,12,17H,5-6,9-10H2,1-2H3,(H,18,20);1H/t12-;/m1./s1. The zero-order valence-corrected chi connectivity index (χ0v) is 13.3. The number of nitrogens with one attached hydrogen (secondary N) is 2. The Bertz CT molecular complexity index is 605. The molecule has 1 fully saturated rings. The van der Waals surface area contributed by atoms with Gasteiger partial charge in [-0.2, -0.15) is 0 Å². The van der Waals surface area contributed by atoms with Crippen LogP contribution in [0.15, 0.2) is 24.3 Å². The monoisotopic (exact) mass is 307 g/mol. The van der Waals surface area contributed by atoms with E-state index < -0.39 is 0 Å². The van der Waals surface area contributed by atoms with E-state index >= 15 is 0 Å². The Morgan fingerprint density at radius 2 is 2.19 bits per heavy atom. The van der Waals surface area contributed by atoms with Gasteiger partial charge < -0.3 is 15.2 Å². The van der Waals surface area contributed by atoms with Crippen molar-refractivity contribution in [1.29, 1.82) is 0 Å². The van der Waals surface area contributed by atoms with E-state index in [2.05, 4.69) is 22.8 Å². The molecule has 3 rings (SSSR count). The Morgan fingerprint density at radius 3 is 2.86 bits per heavy atom. The van der Waals surface area contributed by atoms with Crippen LogP contribution in [0.25, 0.3) is 10.9 Å². The number of halogens is 1. The molecule has 4 nitrogen and oxygen atoms in total. The first kappa shape index (κ1) is 15.9. The molecule has 0 spiro atoms. The van der Waals surface area contributed by atoms with Crippen molar-refractivity contribution in [2.75, 3.05) is 13.1 Å². The van der Waals surface area contributed by atoms with Gasteiger partial charge in [0, 0.05) is 30.5 Å². The van der Waals surface area contributed by atoms with Gasteiger partial charge in [-0.15, -0.1) is 12.4 Å². The van der Waals surface area contributed by atoms with E-state index in [1.807, 2.05) is 30.7 Å². The number of aromatic nitrogens is 1. The Balaban J connectivity index is 0.00000161. The third kappa shape index (κ3) is 2.92. The predicted octanol–water partition coefficient (Wildman–Crippen LogP) is 2.39. The van der Waals surface area contributed by atoms with Crippen LogP contribution in [0.3, 0.4) is 0 Å². The average Bonchev–Trinajstić information content (AvgIpc) is 3.05. The summed E-state index contributed by atoms with van der Waals surface area (Å²) >= 11 is 0. The van der Waals surface area contributed by atoms with Crippen LogP contribution in [-0.4, -0.2) is 29.6 Å². The molecular weight excluding hydrogens is 286 g/mol. The number of fused-ring (bicyclic) bond motifs is 1. The minimum Gasteiger partial charge on any atom is -0.349 e. The largest absolute Gasteiger partial charge is 0.349 e. The molecule has 21 heavy (non-hydrogen) atoms. The summed E-state index contributed by atoms with van der Waals surface area (Å²) in [6.45, 7) is 3.79. The minimum atomic E-state index is 0. The van der Waals surface area contributed by atoms with Crippen LogP contribution >= 0.6 is 12.4 Å². The molecule has 0 unspecified atom stereocenters. The molecule has 0 saturated carbocycles. The van der Waals surface area contributed by atoms with Gasteiger partial charge in [-0.3, -0.25) is 4.79 Å². The van der Waals surface area contributed by atoms with Crippen molar-refractivity contribution in [2.45, 2.75) is 25.8 Å². The van der Waals surface area contributed by atoms with Gasteiger partial charge in [-0.1, -0.05) is 18.2 Å². The van der Waals surface area contributed by atoms with Crippen LogP contribution in [0.4, 0.5) is 0 Å². The topological polar surface area (TPSA) is 46.1 Å². The highest BCUT2D eigenvalue weighted by atomic mass is 35.5. The summed E-state index contributed by atoms with van der Waals surface area (Å²) in [5, 5.41) is 7.61. The molecule has 5 heteroatoms. The Morgan fingerprint density at radius 1 is 1.43 bits per heavy atom. The second-order valence-electron chi connectivity index (χ2n) is 5.55. The fourth-order valence-corrected chi connectivity index (χ4v) is 3.14. The van der Waals surface area contributed by atoms with Crippen molar-refractivity contribution >= 4 is 29.2 Å². The van der Waals surface area contributed by atoms with Crippen LogP contribution in [-0.2, 0) is 7.05 Å². The summed E-state index contributed by atoms with van der Waals surface area (Å²) < 4.78 is 1.99. The number of para-hydroxylation sites is 1. The second kappa shape index (κ2) is 6.50. The number of hydrogen-bond acceptors (Lipinski definition) is 2. The van der Waals surface area contributed by atoms with Crippen LogP contribution < -0.4 is 10.6 Å². The highest BCUT2D eigenvalue weighted by Crippen LogP contribution is 2.24. The van der Waals surface area contributed by atoms with E-state index in [4.69, 9.17) is 0 Å². The molecule has 2 N–H and O–H groups in total. The number of rotatable bonds is 3. The third-order valence-corrected chi connectivity index (χ3v) is 4.25. The molecule has 1 atom stereocenters. The van der Waals surface area contributed by atoms with Gasteiger partial charge in [0.1, 0.15) is 5.69 Å². The second-order valence-corrected chi connectivity index (χ2v) is 5.55. The first-order valence-electron chi connectivity index (χ1n) is 7.24. The summed E-state index contributed by atoms with van der Waals surface area (Å²) in [6, 6.07) is 8.57. The Kier molecular flexibility index (Phi) is 4.91. The highest BCUT2D eigenvalue weighted by Gasteiger charge is 2.20. The predicted molar refractivity (Wildman–Crippen MR) is 88.3 cm³/mol. The van der Waals surface area contributed by atoms with Gasteiger partial charge in [0.2, 0.25) is 0 Å². The molecule has 1 amide bonds. The SMILES string of the molecule is Cc1c(C(=O)NC[C@H]2CCCN2)n(C)c2ccccc12.Cl. The van der Waals surface area contributed by atoms with Crippen LogP contribution in [0, 0.1) is 6.92 Å². The van der Waals surface area contributed by atoms with Crippen LogP contribution in [0.5, 0.6) is 0 Å². The molecule has 2 heterocycles. The van der Waals surface area contributed by atoms with E-state index in [0.717, 1.165) is 35.1 Å². The maximum atomic E-state index is 12.5. The molecule has 0 radical (unpaired) electrons. The van der Waals surface area contributed by atoms with Crippen LogP contribution in [0.2, 0.25) is 0 Å². The summed E-state index contributed by atoms with van der Waals surface area (Å²) in [6.07, 6.45) is 2.35. The lowest BCUT2D eigenvalue weighted by molar-refractivity contribution is 0.0942. The van der Waals surface area contributed by atoms with Crippen LogP contribution in [0.1, 0.15) is 28.9 Å². The van der Waals surface area contributed by atoms with Gasteiger partial charge in [-0.05, 0) is 37.9 Å². The lowest BCUT2D eigenvalue weighted by Crippen LogP contribution is -2.37. The summed E-state index contributed by atoms with van der Waals surface area (Å²) in [5.74, 6) is 0.0231. The van der Waals surface area contributed by atoms with Crippen molar-refractivity contribution in [3.63, 3.8) is 0 Å². The zero-order chi connectivity index (χ0) is 14.1. The summed E-state index contributed by atoms with van der Waals surface area (Å²) in [4.78, 5) is 12.5. The first-order chi connectivity index (χ1) is 9.68. The quantitative estimate of drug-likeness (QED) is 0.914. The normalized spacial score (nSPS) is 17.7. The lowest BCUT2D eigenvalue weighted by Gasteiger charge is -2.12. The van der Waals surface area contributed by atoms with E-state index in [-0.39, 0.29) is 18.3 Å². The van der Waals surface area contributed by atoms with E-state index in [1.165, 1.54) is 6.42 Å². The number of nitrogens with zero attached hydrogens (tertiary/aromatic N) is 1. The minimum absolute atomic E-state index is 0. The third-order valence-electron chi connectivity index (χ3n) is 4.25. The Labute approximate surface area is 131 Å². The number of amides is 1. The molecular formula is C16H22ClN3O. The molecule has 2 aromatic rings. The van der Waals surface area contributed by atoms with E-state index in [9.17, 15) is 4.79 Å². The molecule has 1 aliphatic heterocycles. The molecule has 0 aliphatic carbocycles. The summed E-state index contributed by atoms with van der Waals surface area (Å²) in [5.41, 5.74) is 2.93. The molecule has 0 bridgehead atoms. The first-order valence-corrected chi connectivity index (χ1v) is 7.24. The maximum absolute atomic E-state index is 12.5. The van der Waals surface area contributed by atoms with E-state index in [1.54, 1.807) is 0 Å². The highest BCUT2D eigenvalue weighted by molar-refractivity contribution is 6.01. The fourth-order valence-electron chi connectivity index (χ4n) is 3.14. The van der Waals surface area contributed by atoms with Gasteiger partial charge in [0.25, 0.3) is 5.91 Å². The van der Waals surface area contributed by atoms with Gasteiger partial charge in [0.05, 0.1) is 0 Å². The van der Waals surface area contributed by atoms with Gasteiger partial charge in [0.15, 0.2) is 0 Å². The van der Waals surface area contributed by atoms with Crippen molar-refractivity contribution in [1.82, 2.24) is 15.2 Å². The number of aryl methyl sites for hydroxylation is 2. The molecule has 1 aliphatic rings. The maximum Gasteiger partial charge on any atom is 0.268 e. The number of carbonyl (C=O) groups is 1. The number of carbonyl (C=O) groups excluding carboxylic acids is 1. The fraction of sp³-hybridized carbons (Fsp3) is 0.438. The molecule has 114 valence electrons. The summed E-state index contributed by atoms with van der Waals surface area (Å²) in [7, 11) is 1.96. The number of benzene rings is 1. The molecule has 1 aromatic heterocycles.